The van der Waals surface area contributed by atoms with Gasteiger partial charge in [0.1, 0.15) is 17.6 Å². The molecule has 2 aliphatic rings. The van der Waals surface area contributed by atoms with Crippen LogP contribution in [0, 0.1) is 5.92 Å². The summed E-state index contributed by atoms with van der Waals surface area (Å²) in [5, 5.41) is 0. The molecule has 0 N–H and O–H groups in total. The van der Waals surface area contributed by atoms with Crippen molar-refractivity contribution in [1.29, 1.82) is 0 Å². The molecule has 1 aromatic rings. The second kappa shape index (κ2) is 7.85. The van der Waals surface area contributed by atoms with Crippen molar-refractivity contribution in [3.05, 3.63) is 24.3 Å². The number of urea groups is 1. The molecule has 0 bridgehead atoms. The molecule has 0 saturated carbocycles. The van der Waals surface area contributed by atoms with Gasteiger partial charge < -0.3 is 24.2 Å². The number of rotatable bonds is 4. The zero-order valence-electron chi connectivity index (χ0n) is 15.7. The number of nitrogens with zero attached hydrogens (tertiary/aromatic N) is 3. The fourth-order valence-corrected chi connectivity index (χ4v) is 3.45. The third-order valence-corrected chi connectivity index (χ3v) is 4.93. The van der Waals surface area contributed by atoms with Crippen LogP contribution < -0.4 is 9.47 Å². The summed E-state index contributed by atoms with van der Waals surface area (Å²) in [6, 6.07) is 7.46. The number of carbonyl (C=O) groups is 2. The lowest BCUT2D eigenvalue weighted by Gasteiger charge is -2.42. The van der Waals surface area contributed by atoms with Gasteiger partial charge in [0.05, 0.1) is 26.1 Å². The summed E-state index contributed by atoms with van der Waals surface area (Å²) in [5.74, 6) is 1.53. The molecule has 0 spiro atoms. The van der Waals surface area contributed by atoms with Crippen molar-refractivity contribution in [3.63, 3.8) is 0 Å². The second-order valence-electron chi connectivity index (χ2n) is 7.12. The Bertz CT molecular complexity index is 658. The summed E-state index contributed by atoms with van der Waals surface area (Å²) >= 11 is 0. The molecule has 2 aliphatic heterocycles. The van der Waals surface area contributed by atoms with Crippen LogP contribution in [-0.2, 0) is 4.79 Å². The maximum absolute atomic E-state index is 12.7. The number of ether oxygens (including phenoxy) is 2. The van der Waals surface area contributed by atoms with E-state index in [1.807, 2.05) is 29.2 Å². The zero-order chi connectivity index (χ0) is 18.7. The summed E-state index contributed by atoms with van der Waals surface area (Å²) in [6.45, 7) is 2.42. The molecule has 0 aliphatic carbocycles. The molecule has 7 heteroatoms. The van der Waals surface area contributed by atoms with Crippen LogP contribution in [0.1, 0.15) is 12.8 Å². The van der Waals surface area contributed by atoms with E-state index in [2.05, 4.69) is 0 Å². The average Bonchev–Trinajstić information content (AvgIpc) is 2.63. The molecule has 2 fully saturated rings. The standard InChI is InChI=1S/C19H27N3O4/c1-20(2)19(24)21-9-5-6-14(11-21)18(23)22-12-17(13-22)26-16-8-4-7-15(10-16)25-3/h4,7-8,10,14,17H,5-6,9,11-13H2,1-3H3/t14-/m0/s1. The Morgan fingerprint density at radius 3 is 2.54 bits per heavy atom. The van der Waals surface area contributed by atoms with Gasteiger partial charge in [-0.2, -0.15) is 0 Å². The van der Waals surface area contributed by atoms with Gasteiger partial charge in [-0.25, -0.2) is 4.79 Å². The molecule has 1 atom stereocenters. The van der Waals surface area contributed by atoms with Crippen LogP contribution in [0.15, 0.2) is 24.3 Å². The molecule has 0 unspecified atom stereocenters. The van der Waals surface area contributed by atoms with E-state index in [1.54, 1.807) is 31.0 Å². The van der Waals surface area contributed by atoms with Gasteiger partial charge in [0.2, 0.25) is 5.91 Å². The molecular formula is C19H27N3O4. The largest absolute Gasteiger partial charge is 0.497 e. The van der Waals surface area contributed by atoms with E-state index in [9.17, 15) is 9.59 Å². The number of likely N-dealkylation sites (tertiary alicyclic amines) is 2. The van der Waals surface area contributed by atoms with E-state index < -0.39 is 0 Å². The first-order valence-corrected chi connectivity index (χ1v) is 9.03. The van der Waals surface area contributed by atoms with Crippen LogP contribution in [0.4, 0.5) is 4.79 Å². The lowest BCUT2D eigenvalue weighted by molar-refractivity contribution is -0.146. The highest BCUT2D eigenvalue weighted by Gasteiger charge is 2.38. The maximum Gasteiger partial charge on any atom is 0.319 e. The van der Waals surface area contributed by atoms with Gasteiger partial charge in [-0.1, -0.05) is 6.07 Å². The molecule has 0 radical (unpaired) electrons. The third kappa shape index (κ3) is 4.03. The van der Waals surface area contributed by atoms with E-state index in [-0.39, 0.29) is 24.0 Å². The summed E-state index contributed by atoms with van der Waals surface area (Å²) < 4.78 is 11.1. The SMILES string of the molecule is COc1cccc(OC2CN(C(=O)[C@H]3CCCN(C(=O)N(C)C)C3)C2)c1. The third-order valence-electron chi connectivity index (χ3n) is 4.93. The minimum absolute atomic E-state index is 0.00848. The Hall–Kier alpha value is -2.44. The second-order valence-corrected chi connectivity index (χ2v) is 7.12. The number of piperidine rings is 1. The Balaban J connectivity index is 1.49. The monoisotopic (exact) mass is 361 g/mol. The van der Waals surface area contributed by atoms with Crippen LogP contribution in [0.25, 0.3) is 0 Å². The van der Waals surface area contributed by atoms with Crippen molar-refractivity contribution < 1.29 is 19.1 Å². The minimum Gasteiger partial charge on any atom is -0.497 e. The van der Waals surface area contributed by atoms with Crippen LogP contribution >= 0.6 is 0 Å². The van der Waals surface area contributed by atoms with Crippen molar-refractivity contribution in [3.8, 4) is 11.5 Å². The molecule has 2 heterocycles. The Labute approximate surface area is 154 Å². The maximum atomic E-state index is 12.7. The summed E-state index contributed by atoms with van der Waals surface area (Å²) in [6.07, 6.45) is 1.72. The molecule has 142 valence electrons. The molecule has 7 nitrogen and oxygen atoms in total. The fraction of sp³-hybridized carbons (Fsp3) is 0.579. The summed E-state index contributed by atoms with van der Waals surface area (Å²) in [4.78, 5) is 30.0. The number of hydrogen-bond donors (Lipinski definition) is 0. The van der Waals surface area contributed by atoms with E-state index in [1.165, 1.54) is 0 Å². The van der Waals surface area contributed by atoms with Crippen LogP contribution in [-0.4, -0.2) is 80.1 Å². The highest BCUT2D eigenvalue weighted by molar-refractivity contribution is 5.81. The van der Waals surface area contributed by atoms with Crippen molar-refractivity contribution >= 4 is 11.9 Å². The van der Waals surface area contributed by atoms with E-state index >= 15 is 0 Å². The van der Waals surface area contributed by atoms with E-state index in [0.717, 1.165) is 30.9 Å². The highest BCUT2D eigenvalue weighted by Crippen LogP contribution is 2.26. The van der Waals surface area contributed by atoms with Gasteiger partial charge in [-0.05, 0) is 25.0 Å². The van der Waals surface area contributed by atoms with Crippen LogP contribution in [0.3, 0.4) is 0 Å². The molecule has 1 aromatic carbocycles. The van der Waals surface area contributed by atoms with Crippen molar-refractivity contribution in [2.45, 2.75) is 18.9 Å². The number of hydrogen-bond acceptors (Lipinski definition) is 4. The summed E-state index contributed by atoms with van der Waals surface area (Å²) in [7, 11) is 5.10. The van der Waals surface area contributed by atoms with Gasteiger partial charge >= 0.3 is 6.03 Å². The number of carbonyl (C=O) groups excluding carboxylic acids is 2. The van der Waals surface area contributed by atoms with Gasteiger partial charge in [0.25, 0.3) is 0 Å². The topological polar surface area (TPSA) is 62.3 Å². The van der Waals surface area contributed by atoms with Gasteiger partial charge in [-0.15, -0.1) is 0 Å². The van der Waals surface area contributed by atoms with E-state index in [4.69, 9.17) is 9.47 Å². The first-order valence-electron chi connectivity index (χ1n) is 9.03. The molecule has 3 amide bonds. The summed E-state index contributed by atoms with van der Waals surface area (Å²) in [5.41, 5.74) is 0. The predicted octanol–water partition coefficient (Wildman–Crippen LogP) is 1.68. The Kier molecular flexibility index (Phi) is 5.54. The fourth-order valence-electron chi connectivity index (χ4n) is 3.45. The number of amides is 3. The van der Waals surface area contributed by atoms with Crippen LogP contribution in [0.5, 0.6) is 11.5 Å². The van der Waals surface area contributed by atoms with Crippen LogP contribution in [0.2, 0.25) is 0 Å². The van der Waals surface area contributed by atoms with Crippen molar-refractivity contribution in [1.82, 2.24) is 14.7 Å². The minimum atomic E-state index is -0.106. The predicted molar refractivity (Wildman–Crippen MR) is 97.4 cm³/mol. The molecule has 26 heavy (non-hydrogen) atoms. The van der Waals surface area contributed by atoms with Crippen molar-refractivity contribution in [2.75, 3.05) is 47.4 Å². The lowest BCUT2D eigenvalue weighted by Crippen LogP contribution is -2.59. The Morgan fingerprint density at radius 1 is 1.12 bits per heavy atom. The highest BCUT2D eigenvalue weighted by atomic mass is 16.5. The van der Waals surface area contributed by atoms with Gasteiger partial charge in [-0.3, -0.25) is 4.79 Å². The van der Waals surface area contributed by atoms with Crippen molar-refractivity contribution in [2.24, 2.45) is 5.92 Å². The van der Waals surface area contributed by atoms with Gasteiger partial charge in [0, 0.05) is 33.3 Å². The van der Waals surface area contributed by atoms with Gasteiger partial charge in [0.15, 0.2) is 0 Å². The number of methoxy groups -OCH3 is 1. The molecule has 2 saturated heterocycles. The molecular weight excluding hydrogens is 334 g/mol. The Morgan fingerprint density at radius 2 is 1.85 bits per heavy atom. The smallest absolute Gasteiger partial charge is 0.319 e. The lowest BCUT2D eigenvalue weighted by atomic mass is 9.95. The molecule has 0 aromatic heterocycles. The number of benzene rings is 1. The quantitative estimate of drug-likeness (QED) is 0.819. The normalized spacial score (nSPS) is 20.3. The first kappa shape index (κ1) is 18.4. The average molecular weight is 361 g/mol. The molecule has 3 rings (SSSR count). The first-order chi connectivity index (χ1) is 12.5. The van der Waals surface area contributed by atoms with E-state index in [0.29, 0.717) is 19.6 Å². The zero-order valence-corrected chi connectivity index (χ0v) is 15.7.